The van der Waals surface area contributed by atoms with Crippen molar-refractivity contribution in [3.05, 3.63) is 23.9 Å². The molecule has 3 rings (SSSR count). The molecular weight excluding hydrogens is 319 g/mol. The molecule has 4 nitrogen and oxygen atoms in total. The number of nitrogens with one attached hydrogen (secondary N) is 1. The average Bonchev–Trinajstić information content (AvgIpc) is 2.76. The van der Waals surface area contributed by atoms with E-state index in [4.69, 9.17) is 0 Å². The number of hydrogen-bond acceptors (Lipinski definition) is 3. The van der Waals surface area contributed by atoms with Crippen molar-refractivity contribution in [1.29, 1.82) is 0 Å². The number of piperidine rings is 1. The number of alkyl halides is 3. The molecule has 3 heterocycles. The number of hydrogen-bond donors (Lipinski definition) is 1. The van der Waals surface area contributed by atoms with Crippen molar-refractivity contribution in [2.75, 3.05) is 24.5 Å². The maximum atomic E-state index is 12.6. The highest BCUT2D eigenvalue weighted by Crippen LogP contribution is 2.41. The number of rotatable bonds is 1. The summed E-state index contributed by atoms with van der Waals surface area (Å²) < 4.78 is 37.6. The normalized spacial score (nSPS) is 21.0. The molecule has 1 aromatic heterocycles. The van der Waals surface area contributed by atoms with Crippen molar-refractivity contribution in [2.45, 2.75) is 25.4 Å². The second kappa shape index (κ2) is 6.04. The van der Waals surface area contributed by atoms with E-state index in [1.54, 1.807) is 0 Å². The number of nitrogens with zero attached hydrogens (tertiary/aromatic N) is 2. The Bertz CT molecular complexity index is 541. The average molecular weight is 336 g/mol. The monoisotopic (exact) mass is 335 g/mol. The quantitative estimate of drug-likeness (QED) is 0.858. The van der Waals surface area contributed by atoms with Gasteiger partial charge in [0.2, 0.25) is 5.91 Å². The third-order valence-electron chi connectivity index (χ3n) is 4.43. The van der Waals surface area contributed by atoms with Crippen molar-refractivity contribution >= 4 is 24.1 Å². The fourth-order valence-electron chi connectivity index (χ4n) is 3.12. The zero-order chi connectivity index (χ0) is 15.1. The fourth-order valence-corrected chi connectivity index (χ4v) is 3.12. The van der Waals surface area contributed by atoms with Gasteiger partial charge >= 0.3 is 6.18 Å². The minimum Gasteiger partial charge on any atom is -0.317 e. The van der Waals surface area contributed by atoms with Crippen molar-refractivity contribution in [3.8, 4) is 0 Å². The summed E-state index contributed by atoms with van der Waals surface area (Å²) in [5.41, 5.74) is -1.15. The summed E-state index contributed by atoms with van der Waals surface area (Å²) in [6.07, 6.45) is -1.31. The molecule has 2 aliphatic heterocycles. The Morgan fingerprint density at radius 1 is 1.18 bits per heavy atom. The molecule has 2 fully saturated rings. The molecule has 8 heteroatoms. The van der Waals surface area contributed by atoms with Gasteiger partial charge in [-0.1, -0.05) is 0 Å². The van der Waals surface area contributed by atoms with Gasteiger partial charge in [-0.2, -0.15) is 13.2 Å². The summed E-state index contributed by atoms with van der Waals surface area (Å²) in [5.74, 6) is 0.305. The maximum absolute atomic E-state index is 12.6. The molecule has 0 atom stereocenters. The van der Waals surface area contributed by atoms with Crippen molar-refractivity contribution < 1.29 is 18.0 Å². The molecule has 0 radical (unpaired) electrons. The lowest BCUT2D eigenvalue weighted by Gasteiger charge is -2.31. The van der Waals surface area contributed by atoms with Crippen LogP contribution in [-0.4, -0.2) is 30.5 Å². The van der Waals surface area contributed by atoms with E-state index in [9.17, 15) is 18.0 Å². The zero-order valence-corrected chi connectivity index (χ0v) is 12.6. The first-order valence-corrected chi connectivity index (χ1v) is 6.98. The molecule has 1 amide bonds. The van der Waals surface area contributed by atoms with Gasteiger partial charge in [-0.25, -0.2) is 4.98 Å². The summed E-state index contributed by atoms with van der Waals surface area (Å²) in [5, 5.41) is 3.22. The van der Waals surface area contributed by atoms with Crippen molar-refractivity contribution in [2.24, 2.45) is 5.41 Å². The molecule has 0 bridgehead atoms. The second-order valence-electron chi connectivity index (χ2n) is 5.64. The molecule has 1 N–H and O–H groups in total. The summed E-state index contributed by atoms with van der Waals surface area (Å²) in [6.45, 7) is 2.14. The lowest BCUT2D eigenvalue weighted by molar-refractivity contribution is -0.137. The summed E-state index contributed by atoms with van der Waals surface area (Å²) in [7, 11) is 0. The smallest absolute Gasteiger partial charge is 0.317 e. The van der Waals surface area contributed by atoms with Crippen LogP contribution >= 0.6 is 12.4 Å². The number of pyridine rings is 1. The van der Waals surface area contributed by atoms with Crippen LogP contribution in [0.2, 0.25) is 0 Å². The van der Waals surface area contributed by atoms with E-state index < -0.39 is 11.7 Å². The first-order valence-electron chi connectivity index (χ1n) is 6.98. The van der Waals surface area contributed by atoms with Gasteiger partial charge in [0.05, 0.1) is 11.0 Å². The lowest BCUT2D eigenvalue weighted by atomic mass is 9.78. The topological polar surface area (TPSA) is 45.2 Å². The lowest BCUT2D eigenvalue weighted by Crippen LogP contribution is -2.42. The van der Waals surface area contributed by atoms with Gasteiger partial charge in [-0.15, -0.1) is 12.4 Å². The Kier molecular flexibility index (Phi) is 4.67. The molecule has 0 unspecified atom stereocenters. The Hall–Kier alpha value is -1.34. The van der Waals surface area contributed by atoms with Crippen LogP contribution in [0.3, 0.4) is 0 Å². The third-order valence-corrected chi connectivity index (χ3v) is 4.43. The Morgan fingerprint density at radius 2 is 1.86 bits per heavy atom. The third kappa shape index (κ3) is 2.92. The van der Waals surface area contributed by atoms with Crippen LogP contribution in [0.5, 0.6) is 0 Å². The van der Waals surface area contributed by atoms with Gasteiger partial charge in [0.25, 0.3) is 0 Å². The molecule has 22 heavy (non-hydrogen) atoms. The van der Waals surface area contributed by atoms with Crippen LogP contribution in [0.1, 0.15) is 24.8 Å². The molecule has 122 valence electrons. The van der Waals surface area contributed by atoms with E-state index in [1.807, 2.05) is 0 Å². The summed E-state index contributed by atoms with van der Waals surface area (Å²) >= 11 is 0. The van der Waals surface area contributed by atoms with Gasteiger partial charge in [-0.3, -0.25) is 9.69 Å². The molecule has 1 aromatic rings. The van der Waals surface area contributed by atoms with Crippen molar-refractivity contribution in [3.63, 3.8) is 0 Å². The number of halogens is 4. The van der Waals surface area contributed by atoms with Crippen LogP contribution in [0.15, 0.2) is 18.3 Å². The van der Waals surface area contributed by atoms with Crippen molar-refractivity contribution in [1.82, 2.24) is 10.3 Å². The highest BCUT2D eigenvalue weighted by Gasteiger charge is 2.47. The van der Waals surface area contributed by atoms with Gasteiger partial charge < -0.3 is 5.32 Å². The number of aromatic nitrogens is 1. The molecule has 2 aliphatic rings. The largest absolute Gasteiger partial charge is 0.417 e. The number of anilines is 1. The van der Waals surface area contributed by atoms with Crippen LogP contribution in [0, 0.1) is 5.41 Å². The first kappa shape index (κ1) is 17.0. The number of amides is 1. The first-order chi connectivity index (χ1) is 9.92. The SMILES string of the molecule is Cl.O=C1N(c2ccc(C(F)(F)F)cn2)CCC12CCNCC2. The molecule has 2 saturated heterocycles. The van der Waals surface area contributed by atoms with E-state index in [1.165, 1.54) is 11.0 Å². The van der Waals surface area contributed by atoms with Crippen LogP contribution in [0.4, 0.5) is 19.0 Å². The van der Waals surface area contributed by atoms with E-state index in [0.717, 1.165) is 44.6 Å². The van der Waals surface area contributed by atoms with Gasteiger partial charge in [0.1, 0.15) is 5.82 Å². The predicted molar refractivity (Wildman–Crippen MR) is 78.0 cm³/mol. The van der Waals surface area contributed by atoms with Crippen LogP contribution in [0.25, 0.3) is 0 Å². The summed E-state index contributed by atoms with van der Waals surface area (Å²) in [4.78, 5) is 17.9. The van der Waals surface area contributed by atoms with Gasteiger partial charge in [0.15, 0.2) is 0 Å². The predicted octanol–water partition coefficient (Wildman–Crippen LogP) is 2.63. The molecule has 1 spiro atoms. The highest BCUT2D eigenvalue weighted by atomic mass is 35.5. The van der Waals surface area contributed by atoms with Crippen LogP contribution < -0.4 is 10.2 Å². The number of carbonyl (C=O) groups excluding carboxylic acids is 1. The van der Waals surface area contributed by atoms with E-state index in [-0.39, 0.29) is 23.7 Å². The molecule has 0 saturated carbocycles. The highest BCUT2D eigenvalue weighted by molar-refractivity contribution is 5.99. The zero-order valence-electron chi connectivity index (χ0n) is 11.8. The molecule has 0 aromatic carbocycles. The number of carbonyl (C=O) groups is 1. The standard InChI is InChI=1S/C14H16F3N3O.ClH/c15-14(16,17)10-1-2-11(19-9-10)20-8-5-13(12(20)21)3-6-18-7-4-13;/h1-2,9,18H,3-8H2;1H. The van der Waals surface area contributed by atoms with Crippen LogP contribution in [-0.2, 0) is 11.0 Å². The minimum absolute atomic E-state index is 0. The van der Waals surface area contributed by atoms with E-state index in [0.29, 0.717) is 12.4 Å². The second-order valence-corrected chi connectivity index (χ2v) is 5.64. The Balaban J connectivity index is 0.00000176. The van der Waals surface area contributed by atoms with Gasteiger partial charge in [0, 0.05) is 12.7 Å². The Labute approximate surface area is 132 Å². The summed E-state index contributed by atoms with van der Waals surface area (Å²) in [6, 6.07) is 2.25. The Morgan fingerprint density at radius 3 is 2.41 bits per heavy atom. The van der Waals surface area contributed by atoms with E-state index in [2.05, 4.69) is 10.3 Å². The maximum Gasteiger partial charge on any atom is 0.417 e. The van der Waals surface area contributed by atoms with E-state index >= 15 is 0 Å². The molecular formula is C14H17ClF3N3O. The molecule has 0 aliphatic carbocycles. The fraction of sp³-hybridized carbons (Fsp3) is 0.571. The minimum atomic E-state index is -4.41. The van der Waals surface area contributed by atoms with Gasteiger partial charge in [-0.05, 0) is 44.5 Å².